The van der Waals surface area contributed by atoms with Gasteiger partial charge < -0.3 is 15.0 Å². The Kier molecular flexibility index (Phi) is 6.58. The standard InChI is InChI=1S/C25H30FN3O3/c1-3-6-17-9-10-21-22-19(14-28(21)25(17)32)20(15-30)23(24(31)27-11-4-2)29(22)13-16-7-5-8-18(26)12-16/h3,5-10,12,19-20,22-23,30H,4,11,13-15H2,1-2H3,(H,27,31)/b6-3-/t19-,20-,22+,23-/m1/s1. The van der Waals surface area contributed by atoms with Crippen molar-refractivity contribution in [3.05, 3.63) is 75.5 Å². The van der Waals surface area contributed by atoms with E-state index in [0.717, 1.165) is 17.7 Å². The van der Waals surface area contributed by atoms with Crippen LogP contribution in [0.1, 0.15) is 43.1 Å². The molecule has 3 heterocycles. The summed E-state index contributed by atoms with van der Waals surface area (Å²) in [4.78, 5) is 28.3. The molecule has 7 heteroatoms. The highest BCUT2D eigenvalue weighted by Gasteiger charge is 2.55. The molecule has 2 aliphatic heterocycles. The molecule has 170 valence electrons. The predicted molar refractivity (Wildman–Crippen MR) is 121 cm³/mol. The van der Waals surface area contributed by atoms with Gasteiger partial charge in [-0.3, -0.25) is 14.5 Å². The van der Waals surface area contributed by atoms with Crippen molar-refractivity contribution in [2.45, 2.75) is 45.4 Å². The van der Waals surface area contributed by atoms with Crippen LogP contribution in [-0.4, -0.2) is 39.7 Å². The number of aromatic nitrogens is 1. The molecule has 0 saturated carbocycles. The molecule has 32 heavy (non-hydrogen) atoms. The number of fused-ring (bicyclic) bond motifs is 3. The number of aliphatic hydroxyl groups excluding tert-OH is 1. The second kappa shape index (κ2) is 9.38. The van der Waals surface area contributed by atoms with Crippen LogP contribution >= 0.6 is 0 Å². The molecule has 1 aromatic heterocycles. The van der Waals surface area contributed by atoms with Crippen LogP contribution in [-0.2, 0) is 17.9 Å². The SMILES string of the molecule is C/C=C\c1ccc2n(c1=O)C[C@@H]1[C@@H](CO)[C@H](C(=O)NCCC)N(Cc3cccc(F)c3)[C@H]21. The van der Waals surface area contributed by atoms with Gasteiger partial charge in [-0.2, -0.15) is 0 Å². The second-order valence-corrected chi connectivity index (χ2v) is 8.62. The molecule has 2 aliphatic rings. The number of hydrogen-bond acceptors (Lipinski definition) is 4. The first-order valence-corrected chi connectivity index (χ1v) is 11.2. The molecule has 4 atom stereocenters. The van der Waals surface area contributed by atoms with Crippen LogP contribution in [0.4, 0.5) is 4.39 Å². The maximum Gasteiger partial charge on any atom is 0.258 e. The normalized spacial score (nSPS) is 24.6. The van der Waals surface area contributed by atoms with Gasteiger partial charge in [-0.15, -0.1) is 0 Å². The number of nitrogens with zero attached hydrogens (tertiary/aromatic N) is 2. The van der Waals surface area contributed by atoms with Crippen molar-refractivity contribution in [2.75, 3.05) is 13.2 Å². The number of allylic oxidation sites excluding steroid dienone is 1. The van der Waals surface area contributed by atoms with Crippen LogP contribution in [0.3, 0.4) is 0 Å². The van der Waals surface area contributed by atoms with E-state index in [1.165, 1.54) is 12.1 Å². The topological polar surface area (TPSA) is 74.6 Å². The minimum Gasteiger partial charge on any atom is -0.396 e. The number of carbonyl (C=O) groups excluding carboxylic acids is 1. The number of rotatable bonds is 7. The van der Waals surface area contributed by atoms with E-state index in [1.54, 1.807) is 16.7 Å². The smallest absolute Gasteiger partial charge is 0.258 e. The number of amides is 1. The molecular weight excluding hydrogens is 409 g/mol. The lowest BCUT2D eigenvalue weighted by molar-refractivity contribution is -0.128. The van der Waals surface area contributed by atoms with E-state index < -0.39 is 6.04 Å². The Hall–Kier alpha value is -2.77. The van der Waals surface area contributed by atoms with Crippen LogP contribution in [0.25, 0.3) is 6.08 Å². The minimum absolute atomic E-state index is 0.0654. The summed E-state index contributed by atoms with van der Waals surface area (Å²) in [6, 6.07) is 9.36. The Morgan fingerprint density at radius 3 is 2.81 bits per heavy atom. The number of hydrogen-bond donors (Lipinski definition) is 2. The third-order valence-corrected chi connectivity index (χ3v) is 6.64. The minimum atomic E-state index is -0.552. The molecule has 1 fully saturated rings. The molecule has 0 aliphatic carbocycles. The quantitative estimate of drug-likeness (QED) is 0.696. The highest BCUT2D eigenvalue weighted by molar-refractivity contribution is 5.82. The van der Waals surface area contributed by atoms with E-state index in [-0.39, 0.29) is 41.8 Å². The molecular formula is C25H30FN3O3. The molecule has 6 nitrogen and oxygen atoms in total. The van der Waals surface area contributed by atoms with Crippen LogP contribution in [0.5, 0.6) is 0 Å². The van der Waals surface area contributed by atoms with Crippen LogP contribution in [0.15, 0.2) is 47.3 Å². The van der Waals surface area contributed by atoms with E-state index in [2.05, 4.69) is 5.32 Å². The zero-order valence-electron chi connectivity index (χ0n) is 18.5. The Morgan fingerprint density at radius 2 is 2.12 bits per heavy atom. The lowest BCUT2D eigenvalue weighted by atomic mass is 9.88. The zero-order valence-corrected chi connectivity index (χ0v) is 18.5. The van der Waals surface area contributed by atoms with E-state index in [0.29, 0.717) is 25.2 Å². The van der Waals surface area contributed by atoms with Gasteiger partial charge in [0.25, 0.3) is 5.56 Å². The van der Waals surface area contributed by atoms with Gasteiger partial charge in [-0.1, -0.05) is 31.2 Å². The Morgan fingerprint density at radius 1 is 1.31 bits per heavy atom. The third-order valence-electron chi connectivity index (χ3n) is 6.64. The first-order chi connectivity index (χ1) is 15.5. The second-order valence-electron chi connectivity index (χ2n) is 8.62. The third kappa shape index (κ3) is 3.91. The van der Waals surface area contributed by atoms with Gasteiger partial charge >= 0.3 is 0 Å². The number of likely N-dealkylation sites (tertiary alicyclic amines) is 1. The van der Waals surface area contributed by atoms with Gasteiger partial charge in [0.15, 0.2) is 0 Å². The Labute approximate surface area is 187 Å². The molecule has 2 N–H and O–H groups in total. The zero-order chi connectivity index (χ0) is 22.8. The fourth-order valence-electron chi connectivity index (χ4n) is 5.31. The number of benzene rings is 1. The van der Waals surface area contributed by atoms with E-state index in [1.807, 2.05) is 43.0 Å². The lowest BCUT2D eigenvalue weighted by Gasteiger charge is -2.31. The summed E-state index contributed by atoms with van der Waals surface area (Å²) in [5, 5.41) is 13.3. The maximum absolute atomic E-state index is 13.9. The maximum atomic E-state index is 13.9. The number of nitrogens with one attached hydrogen (secondary N) is 1. The van der Waals surface area contributed by atoms with Gasteiger partial charge in [0.1, 0.15) is 5.82 Å². The molecule has 1 aromatic carbocycles. The van der Waals surface area contributed by atoms with Gasteiger partial charge in [-0.25, -0.2) is 4.39 Å². The number of carbonyl (C=O) groups is 1. The number of halogens is 1. The molecule has 0 radical (unpaired) electrons. The summed E-state index contributed by atoms with van der Waals surface area (Å²) in [6.45, 7) is 5.06. The van der Waals surface area contributed by atoms with Gasteiger partial charge in [0.2, 0.25) is 5.91 Å². The highest BCUT2D eigenvalue weighted by Crippen LogP contribution is 2.49. The molecule has 0 unspecified atom stereocenters. The van der Waals surface area contributed by atoms with Crippen molar-refractivity contribution in [1.29, 1.82) is 0 Å². The largest absolute Gasteiger partial charge is 0.396 e. The van der Waals surface area contributed by atoms with Crippen molar-refractivity contribution in [2.24, 2.45) is 11.8 Å². The van der Waals surface area contributed by atoms with Crippen molar-refractivity contribution < 1.29 is 14.3 Å². The number of aliphatic hydroxyl groups is 1. The summed E-state index contributed by atoms with van der Waals surface area (Å²) >= 11 is 0. The molecule has 1 saturated heterocycles. The fraction of sp³-hybridized carbons (Fsp3) is 0.440. The Bertz CT molecular complexity index is 1080. The van der Waals surface area contributed by atoms with Crippen molar-refractivity contribution in [3.63, 3.8) is 0 Å². The van der Waals surface area contributed by atoms with Crippen molar-refractivity contribution in [1.82, 2.24) is 14.8 Å². The van der Waals surface area contributed by atoms with E-state index in [9.17, 15) is 19.1 Å². The summed E-state index contributed by atoms with van der Waals surface area (Å²) in [5.74, 6) is -0.867. The van der Waals surface area contributed by atoms with Crippen LogP contribution in [0.2, 0.25) is 0 Å². The first kappa shape index (κ1) is 22.4. The van der Waals surface area contributed by atoms with Gasteiger partial charge in [0, 0.05) is 49.3 Å². The van der Waals surface area contributed by atoms with Crippen molar-refractivity contribution in [3.8, 4) is 0 Å². The summed E-state index contributed by atoms with van der Waals surface area (Å²) < 4.78 is 15.7. The average Bonchev–Trinajstić information content (AvgIpc) is 3.29. The molecule has 1 amide bonds. The average molecular weight is 440 g/mol. The summed E-state index contributed by atoms with van der Waals surface area (Å²) in [5.41, 5.74) is 2.14. The number of pyridine rings is 1. The van der Waals surface area contributed by atoms with Crippen LogP contribution in [0, 0.1) is 17.7 Å². The molecule has 0 spiro atoms. The lowest BCUT2D eigenvalue weighted by Crippen LogP contribution is -2.48. The van der Waals surface area contributed by atoms with E-state index >= 15 is 0 Å². The Balaban J connectivity index is 1.78. The van der Waals surface area contributed by atoms with E-state index in [4.69, 9.17) is 0 Å². The molecule has 2 aromatic rings. The highest BCUT2D eigenvalue weighted by atomic mass is 19.1. The van der Waals surface area contributed by atoms with Crippen LogP contribution < -0.4 is 10.9 Å². The molecule has 0 bridgehead atoms. The fourth-order valence-corrected chi connectivity index (χ4v) is 5.31. The molecule has 4 rings (SSSR count). The van der Waals surface area contributed by atoms with Crippen molar-refractivity contribution >= 4 is 12.0 Å². The monoisotopic (exact) mass is 439 g/mol. The first-order valence-electron chi connectivity index (χ1n) is 11.2. The van der Waals surface area contributed by atoms with Gasteiger partial charge in [0.05, 0.1) is 12.1 Å². The predicted octanol–water partition coefficient (Wildman–Crippen LogP) is 2.71. The van der Waals surface area contributed by atoms with Gasteiger partial charge in [-0.05, 0) is 43.2 Å². The summed E-state index contributed by atoms with van der Waals surface area (Å²) in [7, 11) is 0. The summed E-state index contributed by atoms with van der Waals surface area (Å²) in [6.07, 6.45) is 4.43.